The van der Waals surface area contributed by atoms with Crippen LogP contribution < -0.4 is 5.32 Å². The second kappa shape index (κ2) is 4.90. The highest BCUT2D eigenvalue weighted by atomic mass is 16.5. The minimum Gasteiger partial charge on any atom is -0.361 e. The molecule has 1 radical (unpaired) electrons. The first kappa shape index (κ1) is 9.22. The lowest BCUT2D eigenvalue weighted by atomic mass is 10.3. The van der Waals surface area contributed by atoms with Crippen LogP contribution in [0.3, 0.4) is 0 Å². The summed E-state index contributed by atoms with van der Waals surface area (Å²) in [7, 11) is 0. The molecule has 0 saturated carbocycles. The summed E-state index contributed by atoms with van der Waals surface area (Å²) >= 11 is 0. The van der Waals surface area contributed by atoms with Crippen LogP contribution in [0.1, 0.15) is 17.9 Å². The van der Waals surface area contributed by atoms with Crippen molar-refractivity contribution in [1.29, 1.82) is 0 Å². The molecule has 0 aromatic carbocycles. The molecule has 12 heavy (non-hydrogen) atoms. The van der Waals surface area contributed by atoms with Crippen LogP contribution in [0.4, 0.5) is 0 Å². The Morgan fingerprint density at radius 1 is 1.67 bits per heavy atom. The average molecular weight is 169 g/mol. The molecule has 1 rings (SSSR count). The van der Waals surface area contributed by atoms with Gasteiger partial charge in [0.2, 0.25) is 0 Å². The summed E-state index contributed by atoms with van der Waals surface area (Å²) in [5, 5.41) is 17.0. The number of hydrogen-bond acceptors (Lipinski definition) is 3. The molecular formula is C8H13N2O2. The summed E-state index contributed by atoms with van der Waals surface area (Å²) < 4.78 is 4.87. The molecule has 0 saturated heterocycles. The topological polar surface area (TPSA) is 58.0 Å². The Labute approximate surface area is 71.6 Å². The number of aryl methyl sites for hydroxylation is 1. The maximum absolute atomic E-state index is 10.1. The second-order valence-corrected chi connectivity index (χ2v) is 2.66. The van der Waals surface area contributed by atoms with Gasteiger partial charge in [0.05, 0.1) is 12.3 Å². The molecule has 0 aliphatic heterocycles. The van der Waals surface area contributed by atoms with Crippen LogP contribution in [0.15, 0.2) is 10.6 Å². The SMILES string of the molecule is Cc1cc(CNCCC[O])no1. The van der Waals surface area contributed by atoms with Gasteiger partial charge < -0.3 is 9.84 Å². The Hall–Kier alpha value is -0.870. The number of aromatic nitrogens is 1. The van der Waals surface area contributed by atoms with Crippen molar-refractivity contribution in [3.05, 3.63) is 17.5 Å². The van der Waals surface area contributed by atoms with E-state index < -0.39 is 0 Å². The summed E-state index contributed by atoms with van der Waals surface area (Å²) in [5.74, 6) is 0.815. The predicted molar refractivity (Wildman–Crippen MR) is 43.1 cm³/mol. The van der Waals surface area contributed by atoms with Crippen molar-refractivity contribution in [2.24, 2.45) is 0 Å². The van der Waals surface area contributed by atoms with E-state index in [1.54, 1.807) is 0 Å². The Morgan fingerprint density at radius 2 is 2.50 bits per heavy atom. The monoisotopic (exact) mass is 169 g/mol. The van der Waals surface area contributed by atoms with E-state index in [1.807, 2.05) is 13.0 Å². The molecule has 0 unspecified atom stereocenters. The van der Waals surface area contributed by atoms with Gasteiger partial charge in [-0.05, 0) is 19.9 Å². The molecule has 0 aliphatic rings. The second-order valence-electron chi connectivity index (χ2n) is 2.66. The van der Waals surface area contributed by atoms with Crippen LogP contribution in [0.2, 0.25) is 0 Å². The van der Waals surface area contributed by atoms with Gasteiger partial charge in [-0.3, -0.25) is 0 Å². The van der Waals surface area contributed by atoms with E-state index in [0.717, 1.165) is 18.0 Å². The van der Waals surface area contributed by atoms with Crippen LogP contribution >= 0.6 is 0 Å². The summed E-state index contributed by atoms with van der Waals surface area (Å²) in [5.41, 5.74) is 0.887. The maximum atomic E-state index is 10.1. The van der Waals surface area contributed by atoms with E-state index >= 15 is 0 Å². The predicted octanol–water partition coefficient (Wildman–Crippen LogP) is 0.893. The largest absolute Gasteiger partial charge is 0.361 e. The van der Waals surface area contributed by atoms with Crippen LogP contribution in [0.5, 0.6) is 0 Å². The number of rotatable bonds is 5. The highest BCUT2D eigenvalue weighted by Crippen LogP contribution is 2.00. The van der Waals surface area contributed by atoms with E-state index in [-0.39, 0.29) is 6.61 Å². The van der Waals surface area contributed by atoms with E-state index in [1.165, 1.54) is 0 Å². The Kier molecular flexibility index (Phi) is 3.76. The van der Waals surface area contributed by atoms with Gasteiger partial charge in [0, 0.05) is 12.6 Å². The van der Waals surface area contributed by atoms with Gasteiger partial charge in [0.15, 0.2) is 0 Å². The number of hydrogen-bond donors (Lipinski definition) is 1. The molecule has 1 aromatic rings. The maximum Gasteiger partial charge on any atom is 0.133 e. The number of nitrogens with zero attached hydrogens (tertiary/aromatic N) is 1. The van der Waals surface area contributed by atoms with Gasteiger partial charge in [-0.25, -0.2) is 5.11 Å². The molecule has 4 heteroatoms. The molecule has 4 nitrogen and oxygen atoms in total. The summed E-state index contributed by atoms with van der Waals surface area (Å²) in [4.78, 5) is 0. The molecule has 1 heterocycles. The van der Waals surface area contributed by atoms with E-state index in [4.69, 9.17) is 4.52 Å². The third-order valence-corrected chi connectivity index (χ3v) is 1.48. The van der Waals surface area contributed by atoms with Gasteiger partial charge in [-0.15, -0.1) is 0 Å². The summed E-state index contributed by atoms with van der Waals surface area (Å²) in [6.45, 7) is 3.26. The lowest BCUT2D eigenvalue weighted by Gasteiger charge is -1.97. The van der Waals surface area contributed by atoms with Crippen molar-refractivity contribution >= 4 is 0 Å². The van der Waals surface area contributed by atoms with Gasteiger partial charge in [0.25, 0.3) is 0 Å². The van der Waals surface area contributed by atoms with Crippen molar-refractivity contribution in [3.63, 3.8) is 0 Å². The zero-order chi connectivity index (χ0) is 8.81. The van der Waals surface area contributed by atoms with E-state index in [2.05, 4.69) is 10.5 Å². The fraction of sp³-hybridized carbons (Fsp3) is 0.625. The molecule has 0 bridgehead atoms. The zero-order valence-corrected chi connectivity index (χ0v) is 7.17. The highest BCUT2D eigenvalue weighted by molar-refractivity contribution is 5.02. The van der Waals surface area contributed by atoms with Crippen molar-refractivity contribution in [3.8, 4) is 0 Å². The standard InChI is InChI=1S/C8H13N2O2/c1-7-5-8(10-12-7)6-9-3-2-4-11/h5,9H,2-4,6H2,1H3. The van der Waals surface area contributed by atoms with Crippen LogP contribution in [0, 0.1) is 6.92 Å². The van der Waals surface area contributed by atoms with Gasteiger partial charge in [-0.2, -0.15) is 0 Å². The molecule has 0 aliphatic carbocycles. The minimum absolute atomic E-state index is 0.0230. The third kappa shape index (κ3) is 3.02. The minimum atomic E-state index is -0.0230. The Balaban J connectivity index is 2.15. The van der Waals surface area contributed by atoms with Crippen molar-refractivity contribution in [1.82, 2.24) is 10.5 Å². The van der Waals surface area contributed by atoms with Gasteiger partial charge in [0.1, 0.15) is 5.76 Å². The lowest BCUT2D eigenvalue weighted by Crippen LogP contribution is -2.15. The fourth-order valence-electron chi connectivity index (χ4n) is 0.915. The highest BCUT2D eigenvalue weighted by Gasteiger charge is 1.97. The normalized spacial score (nSPS) is 10.5. The molecule has 1 aromatic heterocycles. The van der Waals surface area contributed by atoms with Crippen molar-refractivity contribution < 1.29 is 9.63 Å². The van der Waals surface area contributed by atoms with Crippen molar-refractivity contribution in [2.45, 2.75) is 19.9 Å². The fourth-order valence-corrected chi connectivity index (χ4v) is 0.915. The van der Waals surface area contributed by atoms with E-state index in [9.17, 15) is 5.11 Å². The average Bonchev–Trinajstić information content (AvgIpc) is 2.45. The summed E-state index contributed by atoms with van der Waals surface area (Å²) in [6, 6.07) is 1.88. The molecule has 0 amide bonds. The molecule has 0 atom stereocenters. The molecular weight excluding hydrogens is 156 g/mol. The molecule has 0 spiro atoms. The molecule has 0 fully saturated rings. The Bertz CT molecular complexity index is 223. The van der Waals surface area contributed by atoms with Crippen LogP contribution in [0.25, 0.3) is 0 Å². The first-order chi connectivity index (χ1) is 5.83. The Morgan fingerprint density at radius 3 is 3.08 bits per heavy atom. The van der Waals surface area contributed by atoms with Crippen molar-refractivity contribution in [2.75, 3.05) is 13.2 Å². The third-order valence-electron chi connectivity index (χ3n) is 1.48. The molecule has 67 valence electrons. The van der Waals surface area contributed by atoms with Crippen LogP contribution in [-0.4, -0.2) is 18.3 Å². The van der Waals surface area contributed by atoms with Gasteiger partial charge in [-0.1, -0.05) is 5.16 Å². The van der Waals surface area contributed by atoms with E-state index in [0.29, 0.717) is 13.0 Å². The lowest BCUT2D eigenvalue weighted by molar-refractivity contribution is 0.188. The number of nitrogens with one attached hydrogen (secondary N) is 1. The zero-order valence-electron chi connectivity index (χ0n) is 7.17. The van der Waals surface area contributed by atoms with Gasteiger partial charge >= 0.3 is 0 Å². The first-order valence-electron chi connectivity index (χ1n) is 4.04. The first-order valence-corrected chi connectivity index (χ1v) is 4.04. The smallest absolute Gasteiger partial charge is 0.133 e. The van der Waals surface area contributed by atoms with Crippen LogP contribution in [-0.2, 0) is 11.7 Å². The quantitative estimate of drug-likeness (QED) is 0.666. The molecule has 1 N–H and O–H groups in total. The summed E-state index contributed by atoms with van der Waals surface area (Å²) in [6.07, 6.45) is 0.664.